The highest BCUT2D eigenvalue weighted by Crippen LogP contribution is 2.36. The summed E-state index contributed by atoms with van der Waals surface area (Å²) in [6.07, 6.45) is 1.78. The lowest BCUT2D eigenvalue weighted by atomic mass is 9.86. The lowest BCUT2D eigenvalue weighted by Gasteiger charge is -2.33. The third-order valence-electron chi connectivity index (χ3n) is 6.64. The van der Waals surface area contributed by atoms with Crippen molar-refractivity contribution in [1.29, 1.82) is 0 Å². The van der Waals surface area contributed by atoms with Gasteiger partial charge in [0, 0.05) is 43.2 Å². The summed E-state index contributed by atoms with van der Waals surface area (Å²) in [5.41, 5.74) is 3.59. The van der Waals surface area contributed by atoms with Gasteiger partial charge >= 0.3 is 0 Å². The molecule has 0 saturated carbocycles. The van der Waals surface area contributed by atoms with E-state index in [-0.39, 0.29) is 23.9 Å². The molecule has 1 amide bonds. The first-order chi connectivity index (χ1) is 16.7. The van der Waals surface area contributed by atoms with Gasteiger partial charge in [-0.05, 0) is 30.2 Å². The predicted octanol–water partition coefficient (Wildman–Crippen LogP) is 4.71. The summed E-state index contributed by atoms with van der Waals surface area (Å²) in [7, 11) is 2.14. The van der Waals surface area contributed by atoms with Crippen LogP contribution in [-0.4, -0.2) is 59.9 Å². The van der Waals surface area contributed by atoms with Gasteiger partial charge in [0.2, 0.25) is 12.7 Å². The molecule has 3 heterocycles. The smallest absolute Gasteiger partial charge is 0.234 e. The van der Waals surface area contributed by atoms with Crippen molar-refractivity contribution in [2.24, 2.45) is 9.98 Å². The van der Waals surface area contributed by atoms with E-state index in [9.17, 15) is 4.79 Å². The number of hydrogen-bond donors (Lipinski definition) is 1. The third kappa shape index (κ3) is 5.23. The first-order valence-electron chi connectivity index (χ1n) is 12.0. The molecule has 1 saturated heterocycles. The Hall–Kier alpha value is -2.84. The number of nitrogens with one attached hydrogen (secondary N) is 1. The largest absolute Gasteiger partial charge is 0.454 e. The second-order valence-electron chi connectivity index (χ2n) is 10.4. The van der Waals surface area contributed by atoms with Crippen LogP contribution in [0.4, 0.5) is 5.69 Å². The van der Waals surface area contributed by atoms with Crippen molar-refractivity contribution >= 4 is 34.1 Å². The van der Waals surface area contributed by atoms with Crippen LogP contribution in [0.1, 0.15) is 44.7 Å². The molecule has 8 heteroatoms. The number of fused-ring (bicyclic) bond motifs is 1. The maximum atomic E-state index is 12.8. The third-order valence-corrected chi connectivity index (χ3v) is 7.61. The van der Waals surface area contributed by atoms with Gasteiger partial charge < -0.3 is 19.7 Å². The Balaban J connectivity index is 1.32. The summed E-state index contributed by atoms with van der Waals surface area (Å²) in [5.74, 6) is 1.50. The molecule has 2 aromatic rings. The first-order valence-corrected chi connectivity index (χ1v) is 13.0. The number of benzene rings is 2. The Kier molecular flexibility index (Phi) is 6.36. The van der Waals surface area contributed by atoms with Crippen LogP contribution in [-0.2, 0) is 10.2 Å². The quantitative estimate of drug-likeness (QED) is 0.669. The number of nitrogens with zero attached hydrogens (tertiary/aromatic N) is 3. The zero-order valence-corrected chi connectivity index (χ0v) is 21.6. The molecule has 0 radical (unpaired) electrons. The first kappa shape index (κ1) is 23.9. The molecule has 3 aliphatic heterocycles. The molecule has 1 spiro atoms. The van der Waals surface area contributed by atoms with Crippen LogP contribution in [0.5, 0.6) is 11.5 Å². The van der Waals surface area contributed by atoms with Gasteiger partial charge in [-0.15, -0.1) is 0 Å². The molecule has 5 rings (SSSR count). The Morgan fingerprint density at radius 3 is 2.49 bits per heavy atom. The molecule has 0 unspecified atom stereocenters. The number of rotatable bonds is 4. The van der Waals surface area contributed by atoms with Crippen molar-refractivity contribution in [2.75, 3.05) is 38.0 Å². The summed E-state index contributed by atoms with van der Waals surface area (Å²) in [6, 6.07) is 14.0. The van der Waals surface area contributed by atoms with Gasteiger partial charge in [-0.1, -0.05) is 56.8 Å². The molecule has 1 N–H and O–H groups in total. The molecule has 0 aromatic heterocycles. The van der Waals surface area contributed by atoms with Crippen molar-refractivity contribution in [3.8, 4) is 11.5 Å². The number of likely N-dealkylation sites (tertiary alicyclic amines) is 1. The van der Waals surface area contributed by atoms with E-state index < -0.39 is 5.66 Å². The Bertz CT molecular complexity index is 1180. The molecule has 184 valence electrons. The predicted molar refractivity (Wildman–Crippen MR) is 142 cm³/mol. The molecular formula is C27H32N4O3S. The van der Waals surface area contributed by atoms with E-state index in [1.54, 1.807) is 6.07 Å². The normalized spacial score (nSPS) is 19.0. The maximum Gasteiger partial charge on any atom is 0.234 e. The fourth-order valence-corrected chi connectivity index (χ4v) is 5.32. The van der Waals surface area contributed by atoms with Crippen LogP contribution in [0, 0.1) is 0 Å². The second-order valence-corrected chi connectivity index (χ2v) is 11.4. The van der Waals surface area contributed by atoms with Gasteiger partial charge in [0.15, 0.2) is 17.2 Å². The number of amides is 1. The van der Waals surface area contributed by atoms with E-state index in [0.717, 1.165) is 42.3 Å². The number of carbonyl (C=O) groups is 1. The zero-order valence-electron chi connectivity index (χ0n) is 20.8. The van der Waals surface area contributed by atoms with Crippen molar-refractivity contribution in [1.82, 2.24) is 4.90 Å². The summed E-state index contributed by atoms with van der Waals surface area (Å²) >= 11 is 1.46. The van der Waals surface area contributed by atoms with Crippen LogP contribution in [0.25, 0.3) is 0 Å². The molecule has 3 aliphatic rings. The van der Waals surface area contributed by atoms with E-state index in [4.69, 9.17) is 19.5 Å². The Labute approximate surface area is 211 Å². The molecule has 0 atom stereocenters. The average Bonchev–Trinajstić information content (AvgIpc) is 3.44. The molecule has 7 nitrogen and oxygen atoms in total. The Morgan fingerprint density at radius 1 is 1.06 bits per heavy atom. The molecule has 1 fully saturated rings. The van der Waals surface area contributed by atoms with Crippen molar-refractivity contribution in [3.05, 3.63) is 53.6 Å². The van der Waals surface area contributed by atoms with E-state index in [1.807, 2.05) is 12.1 Å². The van der Waals surface area contributed by atoms with Gasteiger partial charge in [0.05, 0.1) is 11.5 Å². The minimum Gasteiger partial charge on any atom is -0.454 e. The van der Waals surface area contributed by atoms with Gasteiger partial charge in [-0.2, -0.15) is 0 Å². The van der Waals surface area contributed by atoms with Crippen LogP contribution >= 0.6 is 11.8 Å². The monoisotopic (exact) mass is 492 g/mol. The molecule has 0 aliphatic carbocycles. The van der Waals surface area contributed by atoms with E-state index in [2.05, 4.69) is 62.3 Å². The van der Waals surface area contributed by atoms with Gasteiger partial charge in [-0.25, -0.2) is 4.99 Å². The summed E-state index contributed by atoms with van der Waals surface area (Å²) in [5, 5.41) is 3.80. The number of ether oxygens (including phenoxy) is 2. The summed E-state index contributed by atoms with van der Waals surface area (Å²) in [6.45, 7) is 8.77. The molecular weight excluding hydrogens is 460 g/mol. The number of anilines is 1. The standard InChI is InChI=1S/C27H32N4O3S/c1-26(2,3)19-7-5-18(6-8-19)24-25(30-27(29-24)11-13-31(4)14-12-27)35-16-23(32)28-20-9-10-21-22(15-20)34-17-33-21/h5-10,15H,11-14,16-17H2,1-4H3,(H,28,32). The number of hydrogen-bond acceptors (Lipinski definition) is 7. The van der Waals surface area contributed by atoms with E-state index in [0.29, 0.717) is 17.2 Å². The lowest BCUT2D eigenvalue weighted by molar-refractivity contribution is -0.113. The second kappa shape index (κ2) is 9.32. The summed E-state index contributed by atoms with van der Waals surface area (Å²) in [4.78, 5) is 25.4. The fraction of sp³-hybridized carbons (Fsp3) is 0.444. The van der Waals surface area contributed by atoms with Gasteiger partial charge in [-0.3, -0.25) is 9.79 Å². The molecule has 2 aromatic carbocycles. The van der Waals surface area contributed by atoms with Crippen molar-refractivity contribution in [2.45, 2.75) is 44.7 Å². The highest BCUT2D eigenvalue weighted by Gasteiger charge is 2.39. The van der Waals surface area contributed by atoms with E-state index >= 15 is 0 Å². The van der Waals surface area contributed by atoms with E-state index in [1.165, 1.54) is 17.3 Å². The lowest BCUT2D eigenvalue weighted by Crippen LogP contribution is -2.39. The van der Waals surface area contributed by atoms with Crippen molar-refractivity contribution in [3.63, 3.8) is 0 Å². The zero-order chi connectivity index (χ0) is 24.6. The number of piperidine rings is 1. The number of thioether (sulfide) groups is 1. The van der Waals surface area contributed by atoms with Crippen molar-refractivity contribution < 1.29 is 14.3 Å². The fourth-order valence-electron chi connectivity index (χ4n) is 4.45. The Morgan fingerprint density at radius 2 is 1.77 bits per heavy atom. The van der Waals surface area contributed by atoms with Crippen LogP contribution in [0.2, 0.25) is 0 Å². The topological polar surface area (TPSA) is 75.5 Å². The van der Waals surface area contributed by atoms with Gasteiger partial charge in [0.1, 0.15) is 5.04 Å². The highest BCUT2D eigenvalue weighted by molar-refractivity contribution is 8.16. The van der Waals surface area contributed by atoms with Gasteiger partial charge in [0.25, 0.3) is 0 Å². The molecule has 0 bridgehead atoms. The minimum absolute atomic E-state index is 0.0870. The SMILES string of the molecule is CN1CCC2(CC1)N=C(SCC(=O)Nc1ccc3c(c1)OCO3)C(c1ccc(C(C)(C)C)cc1)=N2. The minimum atomic E-state index is -0.416. The van der Waals surface area contributed by atoms with Crippen LogP contribution < -0.4 is 14.8 Å². The average molecular weight is 493 g/mol. The van der Waals surface area contributed by atoms with Crippen LogP contribution in [0.3, 0.4) is 0 Å². The highest BCUT2D eigenvalue weighted by atomic mass is 32.2. The number of aliphatic imine (C=N–C) groups is 2. The molecule has 35 heavy (non-hydrogen) atoms. The van der Waals surface area contributed by atoms with Crippen LogP contribution in [0.15, 0.2) is 52.4 Å². The number of carbonyl (C=O) groups excluding carboxylic acids is 1. The maximum absolute atomic E-state index is 12.8. The summed E-state index contributed by atoms with van der Waals surface area (Å²) < 4.78 is 10.8.